The predicted molar refractivity (Wildman–Crippen MR) is 64.9 cm³/mol. The molecule has 0 radical (unpaired) electrons. The first-order chi connectivity index (χ1) is 8.45. The number of hydrogen-bond acceptors (Lipinski definition) is 6. The number of aliphatic hydroxyl groups excluding tert-OH is 5. The number of carbonyl (C=O) groups is 1. The maximum absolute atomic E-state index is 11.5. The molecule has 0 aliphatic rings. The number of carbonyl (C=O) groups excluding carboxylic acids is 1. The van der Waals surface area contributed by atoms with Gasteiger partial charge in [-0.3, -0.25) is 4.79 Å². The summed E-state index contributed by atoms with van der Waals surface area (Å²) < 4.78 is 0. The molecule has 0 aliphatic carbocycles. The quantitative estimate of drug-likeness (QED) is 0.322. The van der Waals surface area contributed by atoms with Gasteiger partial charge in [0.15, 0.2) is 5.78 Å². The maximum Gasteiger partial charge on any atom is 0.164 e. The summed E-state index contributed by atoms with van der Waals surface area (Å²) in [6, 6.07) is 0. The molecule has 0 heterocycles. The van der Waals surface area contributed by atoms with Gasteiger partial charge >= 0.3 is 0 Å². The Balaban J connectivity index is 4.11. The third-order valence-corrected chi connectivity index (χ3v) is 2.86. The van der Waals surface area contributed by atoms with Gasteiger partial charge in [0.05, 0.1) is 6.61 Å². The van der Waals surface area contributed by atoms with Crippen LogP contribution < -0.4 is 0 Å². The molecule has 0 amide bonds. The molecule has 18 heavy (non-hydrogen) atoms. The van der Waals surface area contributed by atoms with Crippen molar-refractivity contribution in [2.45, 2.75) is 63.4 Å². The topological polar surface area (TPSA) is 118 Å². The molecule has 0 saturated heterocycles. The predicted octanol–water partition coefficient (Wildman–Crippen LogP) is -1.04. The molecule has 0 rings (SSSR count). The van der Waals surface area contributed by atoms with Crippen LogP contribution in [-0.4, -0.2) is 62.3 Å². The number of aliphatic hydroxyl groups is 5. The zero-order chi connectivity index (χ0) is 14.1. The highest BCUT2D eigenvalue weighted by Crippen LogP contribution is 2.10. The molecular formula is C12H24O6. The summed E-state index contributed by atoms with van der Waals surface area (Å²) in [6.45, 7) is 1.28. The zero-order valence-electron chi connectivity index (χ0n) is 10.7. The Morgan fingerprint density at radius 3 is 2.11 bits per heavy atom. The maximum atomic E-state index is 11.5. The van der Waals surface area contributed by atoms with Gasteiger partial charge in [0.2, 0.25) is 0 Å². The van der Waals surface area contributed by atoms with Gasteiger partial charge in [-0.2, -0.15) is 0 Å². The molecule has 4 atom stereocenters. The summed E-state index contributed by atoms with van der Waals surface area (Å²) in [5.41, 5.74) is 0. The van der Waals surface area contributed by atoms with E-state index in [2.05, 4.69) is 0 Å². The average Bonchev–Trinajstić information content (AvgIpc) is 2.39. The van der Waals surface area contributed by atoms with Gasteiger partial charge < -0.3 is 25.5 Å². The first-order valence-electron chi connectivity index (χ1n) is 6.31. The van der Waals surface area contributed by atoms with Crippen molar-refractivity contribution in [3.8, 4) is 0 Å². The van der Waals surface area contributed by atoms with E-state index in [1.54, 1.807) is 0 Å². The smallest absolute Gasteiger partial charge is 0.164 e. The van der Waals surface area contributed by atoms with Gasteiger partial charge in [0, 0.05) is 6.42 Å². The van der Waals surface area contributed by atoms with Gasteiger partial charge in [-0.25, -0.2) is 0 Å². The lowest BCUT2D eigenvalue weighted by atomic mass is 9.97. The summed E-state index contributed by atoms with van der Waals surface area (Å²) >= 11 is 0. The average molecular weight is 264 g/mol. The van der Waals surface area contributed by atoms with E-state index in [1.807, 2.05) is 6.92 Å². The van der Waals surface area contributed by atoms with Crippen LogP contribution >= 0.6 is 0 Å². The highest BCUT2D eigenvalue weighted by atomic mass is 16.4. The van der Waals surface area contributed by atoms with Crippen molar-refractivity contribution in [1.29, 1.82) is 0 Å². The van der Waals surface area contributed by atoms with E-state index in [4.69, 9.17) is 10.2 Å². The molecule has 0 aliphatic heterocycles. The van der Waals surface area contributed by atoms with E-state index in [9.17, 15) is 20.1 Å². The molecule has 0 aromatic heterocycles. The number of hydrogen-bond donors (Lipinski definition) is 5. The normalized spacial score (nSPS) is 18.1. The fourth-order valence-electron chi connectivity index (χ4n) is 1.59. The molecule has 6 heteroatoms. The molecule has 0 bridgehead atoms. The van der Waals surface area contributed by atoms with Crippen molar-refractivity contribution in [3.05, 3.63) is 0 Å². The molecular weight excluding hydrogens is 240 g/mol. The van der Waals surface area contributed by atoms with E-state index in [0.717, 1.165) is 19.3 Å². The molecule has 5 N–H and O–H groups in total. The van der Waals surface area contributed by atoms with Crippen molar-refractivity contribution in [2.24, 2.45) is 0 Å². The van der Waals surface area contributed by atoms with Crippen LogP contribution in [0.1, 0.15) is 39.0 Å². The van der Waals surface area contributed by atoms with Crippen LogP contribution in [0.25, 0.3) is 0 Å². The van der Waals surface area contributed by atoms with E-state index in [0.29, 0.717) is 6.42 Å². The summed E-state index contributed by atoms with van der Waals surface area (Å²) in [4.78, 5) is 11.5. The summed E-state index contributed by atoms with van der Waals surface area (Å²) in [5.74, 6) is -0.567. The van der Waals surface area contributed by atoms with E-state index in [-0.39, 0.29) is 6.42 Å². The highest BCUT2D eigenvalue weighted by molar-refractivity contribution is 5.83. The van der Waals surface area contributed by atoms with Crippen molar-refractivity contribution < 1.29 is 30.3 Å². The Kier molecular flexibility index (Phi) is 9.13. The van der Waals surface area contributed by atoms with Gasteiger partial charge in [0.1, 0.15) is 24.4 Å². The minimum atomic E-state index is -1.79. The number of rotatable bonds is 10. The van der Waals surface area contributed by atoms with Crippen LogP contribution in [0, 0.1) is 0 Å². The minimum absolute atomic E-state index is 0.125. The Morgan fingerprint density at radius 1 is 1.00 bits per heavy atom. The molecule has 0 saturated carbocycles. The third-order valence-electron chi connectivity index (χ3n) is 2.86. The molecule has 0 spiro atoms. The van der Waals surface area contributed by atoms with Crippen LogP contribution in [0.2, 0.25) is 0 Å². The first-order valence-corrected chi connectivity index (χ1v) is 6.31. The van der Waals surface area contributed by atoms with Gasteiger partial charge in [-0.05, 0) is 6.42 Å². The number of Topliss-reactive ketones (excluding diaryl/α,β-unsaturated/α-hetero) is 1. The zero-order valence-corrected chi connectivity index (χ0v) is 10.7. The second-order valence-corrected chi connectivity index (χ2v) is 4.45. The van der Waals surface area contributed by atoms with Crippen LogP contribution in [-0.2, 0) is 4.79 Å². The lowest BCUT2D eigenvalue weighted by molar-refractivity contribution is -0.147. The van der Waals surface area contributed by atoms with E-state index >= 15 is 0 Å². The summed E-state index contributed by atoms with van der Waals surface area (Å²) in [7, 11) is 0. The van der Waals surface area contributed by atoms with Crippen molar-refractivity contribution in [3.63, 3.8) is 0 Å². The Hall–Kier alpha value is -0.530. The van der Waals surface area contributed by atoms with Crippen LogP contribution in [0.5, 0.6) is 0 Å². The Morgan fingerprint density at radius 2 is 1.61 bits per heavy atom. The lowest BCUT2D eigenvalue weighted by Crippen LogP contribution is -2.48. The standard InChI is InChI=1S/C12H24O6/c1-2-3-4-5-6-8(14)10(16)12(18)11(17)9(15)7-13/h9-13,15-18H,2-7H2,1H3/t9-,10-,11-,12-/m1/s1. The van der Waals surface area contributed by atoms with Crippen molar-refractivity contribution in [2.75, 3.05) is 6.61 Å². The van der Waals surface area contributed by atoms with Crippen LogP contribution in [0.3, 0.4) is 0 Å². The molecule has 0 unspecified atom stereocenters. The van der Waals surface area contributed by atoms with Crippen LogP contribution in [0.4, 0.5) is 0 Å². The fourth-order valence-corrected chi connectivity index (χ4v) is 1.59. The highest BCUT2D eigenvalue weighted by Gasteiger charge is 2.33. The first kappa shape index (κ1) is 17.5. The monoisotopic (exact) mass is 264 g/mol. The molecule has 108 valence electrons. The minimum Gasteiger partial charge on any atom is -0.394 e. The second-order valence-electron chi connectivity index (χ2n) is 4.45. The van der Waals surface area contributed by atoms with Crippen molar-refractivity contribution >= 4 is 5.78 Å². The summed E-state index contributed by atoms with van der Waals surface area (Å²) in [6.07, 6.45) is -3.21. The van der Waals surface area contributed by atoms with Gasteiger partial charge in [-0.1, -0.05) is 26.2 Å². The van der Waals surface area contributed by atoms with Crippen molar-refractivity contribution in [1.82, 2.24) is 0 Å². The molecule has 0 aromatic rings. The fraction of sp³-hybridized carbons (Fsp3) is 0.917. The lowest BCUT2D eigenvalue weighted by Gasteiger charge is -2.24. The second kappa shape index (κ2) is 9.41. The molecule has 0 fully saturated rings. The largest absolute Gasteiger partial charge is 0.394 e. The SMILES string of the molecule is CCCCCCC(=O)[C@@H](O)[C@@H](O)[C@H](O)[C@H](O)CO. The molecule has 0 aromatic carbocycles. The van der Waals surface area contributed by atoms with Gasteiger partial charge in [-0.15, -0.1) is 0 Å². The number of ketones is 1. The van der Waals surface area contributed by atoms with Crippen LogP contribution in [0.15, 0.2) is 0 Å². The van der Waals surface area contributed by atoms with Gasteiger partial charge in [0.25, 0.3) is 0 Å². The molecule has 6 nitrogen and oxygen atoms in total. The third kappa shape index (κ3) is 5.88. The number of unbranched alkanes of at least 4 members (excludes halogenated alkanes) is 3. The van der Waals surface area contributed by atoms with E-state index < -0.39 is 36.8 Å². The Labute approximate surface area is 107 Å². The van der Waals surface area contributed by atoms with E-state index in [1.165, 1.54) is 0 Å². The Bertz CT molecular complexity index is 233. The summed E-state index contributed by atoms with van der Waals surface area (Å²) in [5, 5.41) is 46.0.